The van der Waals surface area contributed by atoms with Gasteiger partial charge >= 0.3 is 0 Å². The summed E-state index contributed by atoms with van der Waals surface area (Å²) in [4.78, 5) is 0. The third-order valence-electron chi connectivity index (χ3n) is 3.09. The molecule has 1 aromatic rings. The molecule has 1 aliphatic rings. The molecule has 0 aliphatic heterocycles. The third kappa shape index (κ3) is 1.70. The normalized spacial score (nSPS) is 31.8. The fourth-order valence-corrected chi connectivity index (χ4v) is 2.58. The largest absolute Gasteiger partial charge is 0.0843 e. The molecule has 1 aromatic carbocycles. The van der Waals surface area contributed by atoms with Crippen LogP contribution >= 0.6 is 23.2 Å². The zero-order chi connectivity index (χ0) is 9.59. The molecular formula is C11H12Cl2. The van der Waals surface area contributed by atoms with E-state index in [1.54, 1.807) is 6.07 Å². The van der Waals surface area contributed by atoms with Crippen molar-refractivity contribution in [2.75, 3.05) is 0 Å². The van der Waals surface area contributed by atoms with Crippen molar-refractivity contribution in [3.05, 3.63) is 33.8 Å². The fourth-order valence-electron chi connectivity index (χ4n) is 2.04. The Balaban J connectivity index is 2.31. The summed E-state index contributed by atoms with van der Waals surface area (Å²) in [6, 6.07) is 5.83. The highest BCUT2D eigenvalue weighted by Crippen LogP contribution is 2.53. The van der Waals surface area contributed by atoms with Crippen LogP contribution in [0.5, 0.6) is 0 Å². The minimum atomic E-state index is 0.663. The lowest BCUT2D eigenvalue weighted by Crippen LogP contribution is -1.82. The van der Waals surface area contributed by atoms with Crippen LogP contribution in [-0.2, 0) is 0 Å². The first-order valence-corrected chi connectivity index (χ1v) is 5.31. The van der Waals surface area contributed by atoms with Crippen molar-refractivity contribution in [3.63, 3.8) is 0 Å². The van der Waals surface area contributed by atoms with E-state index >= 15 is 0 Å². The van der Waals surface area contributed by atoms with Gasteiger partial charge in [-0.25, -0.2) is 0 Å². The Kier molecular flexibility index (Phi) is 2.29. The van der Waals surface area contributed by atoms with Crippen molar-refractivity contribution >= 4 is 23.2 Å². The molecule has 2 unspecified atom stereocenters. The molecule has 13 heavy (non-hydrogen) atoms. The maximum Gasteiger partial charge on any atom is 0.0423 e. The number of rotatable bonds is 1. The first-order valence-electron chi connectivity index (χ1n) is 4.55. The topological polar surface area (TPSA) is 0 Å². The molecule has 0 aromatic heterocycles. The molecule has 2 atom stereocenters. The highest BCUT2D eigenvalue weighted by molar-refractivity contribution is 6.34. The Labute approximate surface area is 88.9 Å². The second-order valence-corrected chi connectivity index (χ2v) is 4.82. The summed E-state index contributed by atoms with van der Waals surface area (Å²) in [5.41, 5.74) is 1.29. The van der Waals surface area contributed by atoms with Crippen LogP contribution < -0.4 is 0 Å². The van der Waals surface area contributed by atoms with E-state index in [0.717, 1.165) is 21.9 Å². The standard InChI is InChI=1S/C11H12Cl2/c1-6-7(2)11(6)8-3-9(12)5-10(13)4-8/h3-7,11H,1-2H3. The van der Waals surface area contributed by atoms with E-state index in [2.05, 4.69) is 13.8 Å². The van der Waals surface area contributed by atoms with E-state index in [9.17, 15) is 0 Å². The molecule has 2 heteroatoms. The highest BCUT2D eigenvalue weighted by atomic mass is 35.5. The van der Waals surface area contributed by atoms with Crippen LogP contribution in [0.3, 0.4) is 0 Å². The lowest BCUT2D eigenvalue weighted by molar-refractivity contribution is 0.834. The first kappa shape index (κ1) is 9.36. The SMILES string of the molecule is CC1C(C)C1c1cc(Cl)cc(Cl)c1. The molecule has 0 nitrogen and oxygen atoms in total. The molecule has 1 fully saturated rings. The summed E-state index contributed by atoms with van der Waals surface area (Å²) in [5.74, 6) is 2.21. The third-order valence-corrected chi connectivity index (χ3v) is 3.53. The molecule has 0 saturated heterocycles. The van der Waals surface area contributed by atoms with Crippen LogP contribution in [0, 0.1) is 11.8 Å². The van der Waals surface area contributed by atoms with Crippen molar-refractivity contribution in [1.29, 1.82) is 0 Å². The Hall–Kier alpha value is -0.200. The van der Waals surface area contributed by atoms with Crippen molar-refractivity contribution in [3.8, 4) is 0 Å². The molecule has 1 saturated carbocycles. The smallest absolute Gasteiger partial charge is 0.0423 e. The molecule has 1 aliphatic carbocycles. The molecular weight excluding hydrogens is 203 g/mol. The van der Waals surface area contributed by atoms with Gasteiger partial charge in [0.05, 0.1) is 0 Å². The predicted molar refractivity (Wildman–Crippen MR) is 57.5 cm³/mol. The minimum absolute atomic E-state index is 0.663. The van der Waals surface area contributed by atoms with Crippen molar-refractivity contribution in [2.24, 2.45) is 11.8 Å². The van der Waals surface area contributed by atoms with Gasteiger partial charge in [-0.05, 0) is 41.5 Å². The number of benzene rings is 1. The van der Waals surface area contributed by atoms with E-state index in [1.165, 1.54) is 5.56 Å². The molecule has 0 amide bonds. The van der Waals surface area contributed by atoms with Gasteiger partial charge in [0.15, 0.2) is 0 Å². The van der Waals surface area contributed by atoms with Crippen LogP contribution in [0.4, 0.5) is 0 Å². The molecule has 0 N–H and O–H groups in total. The summed E-state index contributed by atoms with van der Waals surface area (Å²) < 4.78 is 0. The van der Waals surface area contributed by atoms with E-state index in [1.807, 2.05) is 12.1 Å². The van der Waals surface area contributed by atoms with Gasteiger partial charge in [0, 0.05) is 10.0 Å². The Morgan fingerprint density at radius 2 is 1.38 bits per heavy atom. The first-order chi connectivity index (χ1) is 6.09. The monoisotopic (exact) mass is 214 g/mol. The van der Waals surface area contributed by atoms with Crippen LogP contribution in [0.1, 0.15) is 25.3 Å². The summed E-state index contributed by atoms with van der Waals surface area (Å²) in [5, 5.41) is 1.49. The van der Waals surface area contributed by atoms with Gasteiger partial charge in [-0.15, -0.1) is 0 Å². The Bertz CT molecular complexity index is 305. The van der Waals surface area contributed by atoms with Crippen molar-refractivity contribution < 1.29 is 0 Å². The van der Waals surface area contributed by atoms with Gasteiger partial charge in [-0.2, -0.15) is 0 Å². The predicted octanol–water partition coefficient (Wildman–Crippen LogP) is 4.36. The van der Waals surface area contributed by atoms with Crippen LogP contribution in [0.25, 0.3) is 0 Å². The van der Waals surface area contributed by atoms with Crippen molar-refractivity contribution in [1.82, 2.24) is 0 Å². The fraction of sp³-hybridized carbons (Fsp3) is 0.455. The Morgan fingerprint density at radius 3 is 1.77 bits per heavy atom. The van der Waals surface area contributed by atoms with Gasteiger partial charge in [-0.1, -0.05) is 37.0 Å². The summed E-state index contributed by atoms with van der Waals surface area (Å²) in [7, 11) is 0. The average Bonchev–Trinajstić information content (AvgIpc) is 2.57. The van der Waals surface area contributed by atoms with E-state index in [-0.39, 0.29) is 0 Å². The second-order valence-electron chi connectivity index (χ2n) is 3.95. The molecule has 0 bridgehead atoms. The minimum Gasteiger partial charge on any atom is -0.0843 e. The van der Waals surface area contributed by atoms with E-state index < -0.39 is 0 Å². The quantitative estimate of drug-likeness (QED) is 0.652. The molecule has 0 spiro atoms. The van der Waals surface area contributed by atoms with E-state index in [0.29, 0.717) is 5.92 Å². The Morgan fingerprint density at radius 1 is 0.923 bits per heavy atom. The summed E-state index contributed by atoms with van der Waals surface area (Å²) in [6.45, 7) is 4.54. The van der Waals surface area contributed by atoms with Crippen LogP contribution in [0.2, 0.25) is 10.0 Å². The lowest BCUT2D eigenvalue weighted by Gasteiger charge is -2.01. The number of hydrogen-bond acceptors (Lipinski definition) is 0. The zero-order valence-corrected chi connectivity index (χ0v) is 9.23. The molecule has 0 heterocycles. The van der Waals surface area contributed by atoms with Gasteiger partial charge in [-0.3, -0.25) is 0 Å². The summed E-state index contributed by atoms with van der Waals surface area (Å²) >= 11 is 11.9. The van der Waals surface area contributed by atoms with E-state index in [4.69, 9.17) is 23.2 Å². The van der Waals surface area contributed by atoms with Gasteiger partial charge in [0.1, 0.15) is 0 Å². The second kappa shape index (κ2) is 3.18. The van der Waals surface area contributed by atoms with Gasteiger partial charge in [0.2, 0.25) is 0 Å². The average molecular weight is 215 g/mol. The highest BCUT2D eigenvalue weighted by Gasteiger charge is 2.43. The summed E-state index contributed by atoms with van der Waals surface area (Å²) in [6.07, 6.45) is 0. The van der Waals surface area contributed by atoms with Crippen LogP contribution in [-0.4, -0.2) is 0 Å². The number of halogens is 2. The molecule has 0 radical (unpaired) electrons. The maximum absolute atomic E-state index is 5.93. The molecule has 70 valence electrons. The van der Waals surface area contributed by atoms with Crippen molar-refractivity contribution in [2.45, 2.75) is 19.8 Å². The zero-order valence-electron chi connectivity index (χ0n) is 7.72. The maximum atomic E-state index is 5.93. The van der Waals surface area contributed by atoms with Crippen LogP contribution in [0.15, 0.2) is 18.2 Å². The lowest BCUT2D eigenvalue weighted by atomic mass is 10.1. The molecule has 2 rings (SSSR count). The van der Waals surface area contributed by atoms with Gasteiger partial charge < -0.3 is 0 Å². The van der Waals surface area contributed by atoms with Gasteiger partial charge in [0.25, 0.3) is 0 Å². The number of hydrogen-bond donors (Lipinski definition) is 0.